The van der Waals surface area contributed by atoms with Crippen LogP contribution in [-0.2, 0) is 11.3 Å². The van der Waals surface area contributed by atoms with E-state index < -0.39 is 5.63 Å². The highest BCUT2D eigenvalue weighted by Crippen LogP contribution is 2.31. The maximum atomic E-state index is 12.1. The molecule has 7 nitrogen and oxygen atoms in total. The molecule has 0 aliphatic carbocycles. The fraction of sp³-hybridized carbons (Fsp3) is 0.238. The lowest BCUT2D eigenvalue weighted by Crippen LogP contribution is -2.28. The lowest BCUT2D eigenvalue weighted by atomic mass is 10.1. The van der Waals surface area contributed by atoms with E-state index in [4.69, 9.17) is 30.2 Å². The van der Waals surface area contributed by atoms with Gasteiger partial charge in [-0.25, -0.2) is 4.79 Å². The number of fused-ring (bicyclic) bond motifs is 1. The summed E-state index contributed by atoms with van der Waals surface area (Å²) in [6.07, 6.45) is 0. The SMILES string of the molecule is COc1ccc(CNC(=O)COc2cc3oc(=O)cc(C)c3cc2Cl)cc1OC. The van der Waals surface area contributed by atoms with Crippen molar-refractivity contribution in [2.24, 2.45) is 0 Å². The Kier molecular flexibility index (Phi) is 6.29. The third-order valence-corrected chi connectivity index (χ3v) is 4.60. The molecule has 0 unspecified atom stereocenters. The zero-order valence-electron chi connectivity index (χ0n) is 16.2. The van der Waals surface area contributed by atoms with E-state index in [-0.39, 0.29) is 18.3 Å². The van der Waals surface area contributed by atoms with Gasteiger partial charge in [0.15, 0.2) is 18.1 Å². The number of hydrogen-bond donors (Lipinski definition) is 1. The van der Waals surface area contributed by atoms with Crippen LogP contribution in [0.1, 0.15) is 11.1 Å². The Hall–Kier alpha value is -3.19. The van der Waals surface area contributed by atoms with E-state index in [1.165, 1.54) is 12.1 Å². The first-order valence-corrected chi connectivity index (χ1v) is 9.13. The fourth-order valence-corrected chi connectivity index (χ4v) is 3.03. The Morgan fingerprint density at radius 1 is 1.07 bits per heavy atom. The van der Waals surface area contributed by atoms with Crippen molar-refractivity contribution < 1.29 is 23.4 Å². The second-order valence-electron chi connectivity index (χ2n) is 6.28. The highest BCUT2D eigenvalue weighted by atomic mass is 35.5. The van der Waals surface area contributed by atoms with Crippen LogP contribution in [0.5, 0.6) is 17.2 Å². The van der Waals surface area contributed by atoms with Gasteiger partial charge >= 0.3 is 5.63 Å². The smallest absolute Gasteiger partial charge is 0.336 e. The summed E-state index contributed by atoms with van der Waals surface area (Å²) < 4.78 is 21.1. The number of carbonyl (C=O) groups excluding carboxylic acids is 1. The maximum absolute atomic E-state index is 12.1. The van der Waals surface area contributed by atoms with Gasteiger partial charge in [0.25, 0.3) is 5.91 Å². The molecule has 0 radical (unpaired) electrons. The average Bonchev–Trinajstić information content (AvgIpc) is 2.71. The predicted molar refractivity (Wildman–Crippen MR) is 109 cm³/mol. The van der Waals surface area contributed by atoms with Crippen molar-refractivity contribution >= 4 is 28.5 Å². The minimum Gasteiger partial charge on any atom is -0.493 e. The predicted octanol–water partition coefficient (Wildman–Crippen LogP) is 3.47. The number of hydrogen-bond acceptors (Lipinski definition) is 6. The maximum Gasteiger partial charge on any atom is 0.336 e. The van der Waals surface area contributed by atoms with Crippen molar-refractivity contribution in [3.8, 4) is 17.2 Å². The Morgan fingerprint density at radius 3 is 2.55 bits per heavy atom. The van der Waals surface area contributed by atoms with Gasteiger partial charge in [-0.15, -0.1) is 0 Å². The number of ether oxygens (including phenoxy) is 3. The average molecular weight is 418 g/mol. The molecule has 0 aliphatic rings. The van der Waals surface area contributed by atoms with Gasteiger partial charge in [0.2, 0.25) is 0 Å². The number of methoxy groups -OCH3 is 2. The van der Waals surface area contributed by atoms with Crippen LogP contribution in [-0.4, -0.2) is 26.7 Å². The molecule has 8 heteroatoms. The number of aryl methyl sites for hydroxylation is 1. The van der Waals surface area contributed by atoms with Crippen molar-refractivity contribution in [3.05, 3.63) is 63.0 Å². The number of carbonyl (C=O) groups is 1. The van der Waals surface area contributed by atoms with Crippen molar-refractivity contribution in [2.75, 3.05) is 20.8 Å². The third-order valence-electron chi connectivity index (χ3n) is 4.30. The zero-order valence-corrected chi connectivity index (χ0v) is 17.0. The number of rotatable bonds is 7. The van der Waals surface area contributed by atoms with Gasteiger partial charge < -0.3 is 23.9 Å². The topological polar surface area (TPSA) is 87.0 Å². The molecule has 0 saturated carbocycles. The Labute approximate surface area is 172 Å². The molecule has 29 heavy (non-hydrogen) atoms. The molecule has 1 N–H and O–H groups in total. The highest BCUT2D eigenvalue weighted by molar-refractivity contribution is 6.32. The first-order chi connectivity index (χ1) is 13.9. The second kappa shape index (κ2) is 8.87. The molecule has 0 bridgehead atoms. The van der Waals surface area contributed by atoms with Crippen molar-refractivity contribution in [1.29, 1.82) is 0 Å². The van der Waals surface area contributed by atoms with E-state index in [0.29, 0.717) is 34.0 Å². The zero-order chi connectivity index (χ0) is 21.0. The first-order valence-electron chi connectivity index (χ1n) is 8.75. The van der Waals surface area contributed by atoms with Gasteiger partial charge in [-0.1, -0.05) is 17.7 Å². The summed E-state index contributed by atoms with van der Waals surface area (Å²) in [6, 6.07) is 9.92. The number of amides is 1. The van der Waals surface area contributed by atoms with E-state index in [9.17, 15) is 9.59 Å². The summed E-state index contributed by atoms with van der Waals surface area (Å²) in [6.45, 7) is 1.84. The van der Waals surface area contributed by atoms with Crippen molar-refractivity contribution in [1.82, 2.24) is 5.32 Å². The minimum atomic E-state index is -0.462. The largest absolute Gasteiger partial charge is 0.493 e. The normalized spacial score (nSPS) is 10.6. The summed E-state index contributed by atoms with van der Waals surface area (Å²) >= 11 is 6.23. The van der Waals surface area contributed by atoms with Crippen LogP contribution in [0.4, 0.5) is 0 Å². The molecule has 0 saturated heterocycles. The van der Waals surface area contributed by atoms with Gasteiger partial charge in [-0.3, -0.25) is 4.79 Å². The van der Waals surface area contributed by atoms with Crippen molar-refractivity contribution in [3.63, 3.8) is 0 Å². The Morgan fingerprint density at radius 2 is 1.83 bits per heavy atom. The Balaban J connectivity index is 1.63. The van der Waals surface area contributed by atoms with E-state index in [1.54, 1.807) is 39.3 Å². The first kappa shape index (κ1) is 20.5. The summed E-state index contributed by atoms with van der Waals surface area (Å²) in [5.41, 5.74) is 1.48. The van der Waals surface area contributed by atoms with Crippen LogP contribution in [0.3, 0.4) is 0 Å². The van der Waals surface area contributed by atoms with Crippen LogP contribution in [0.2, 0.25) is 5.02 Å². The molecule has 1 amide bonds. The number of nitrogens with one attached hydrogen (secondary N) is 1. The molecule has 0 spiro atoms. The molecule has 0 aliphatic heterocycles. The quantitative estimate of drug-likeness (QED) is 0.592. The molecule has 1 aromatic heterocycles. The van der Waals surface area contributed by atoms with Crippen LogP contribution in [0, 0.1) is 6.92 Å². The molecule has 2 aromatic carbocycles. The van der Waals surface area contributed by atoms with Crippen molar-refractivity contribution in [2.45, 2.75) is 13.5 Å². The van der Waals surface area contributed by atoms with Gasteiger partial charge in [0.1, 0.15) is 11.3 Å². The molecule has 0 fully saturated rings. The fourth-order valence-electron chi connectivity index (χ4n) is 2.82. The summed E-state index contributed by atoms with van der Waals surface area (Å²) in [5, 5.41) is 3.79. The molecule has 1 heterocycles. The minimum absolute atomic E-state index is 0.242. The lowest BCUT2D eigenvalue weighted by Gasteiger charge is -2.12. The van der Waals surface area contributed by atoms with Crippen LogP contribution < -0.4 is 25.2 Å². The Bertz CT molecular complexity index is 1110. The van der Waals surface area contributed by atoms with Crippen LogP contribution >= 0.6 is 11.6 Å². The van der Waals surface area contributed by atoms with Crippen LogP contribution in [0.25, 0.3) is 11.0 Å². The third kappa shape index (κ3) is 4.81. The molecular weight excluding hydrogens is 398 g/mol. The molecule has 3 aromatic rings. The van der Waals surface area contributed by atoms with Gasteiger partial charge in [-0.05, 0) is 36.2 Å². The van der Waals surface area contributed by atoms with Gasteiger partial charge in [0.05, 0.1) is 19.2 Å². The lowest BCUT2D eigenvalue weighted by molar-refractivity contribution is -0.123. The molecule has 3 rings (SSSR count). The van der Waals surface area contributed by atoms with Gasteiger partial charge in [0, 0.05) is 24.1 Å². The number of halogens is 1. The molecular formula is C21H20ClNO6. The van der Waals surface area contributed by atoms with E-state index in [2.05, 4.69) is 5.32 Å². The molecule has 0 atom stereocenters. The number of benzene rings is 2. The summed E-state index contributed by atoms with van der Waals surface area (Å²) in [4.78, 5) is 23.7. The summed E-state index contributed by atoms with van der Waals surface area (Å²) in [5.74, 6) is 1.12. The van der Waals surface area contributed by atoms with E-state index >= 15 is 0 Å². The molecule has 152 valence electrons. The monoisotopic (exact) mass is 417 g/mol. The van der Waals surface area contributed by atoms with E-state index in [0.717, 1.165) is 11.1 Å². The summed E-state index contributed by atoms with van der Waals surface area (Å²) in [7, 11) is 3.10. The van der Waals surface area contributed by atoms with Gasteiger partial charge in [-0.2, -0.15) is 0 Å². The second-order valence-corrected chi connectivity index (χ2v) is 6.69. The highest BCUT2D eigenvalue weighted by Gasteiger charge is 2.11. The van der Waals surface area contributed by atoms with E-state index in [1.807, 2.05) is 6.07 Å². The van der Waals surface area contributed by atoms with Crippen LogP contribution in [0.15, 0.2) is 45.6 Å². The standard InChI is InChI=1S/C21H20ClNO6/c1-12-6-21(25)29-17-9-18(15(22)8-14(12)17)28-11-20(24)23-10-13-4-5-16(26-2)19(7-13)27-3/h4-9H,10-11H2,1-3H3,(H,23,24).